The van der Waals surface area contributed by atoms with Crippen LogP contribution >= 0.6 is 0 Å². The molecule has 170 valence electrons. The van der Waals surface area contributed by atoms with E-state index in [-0.39, 0.29) is 11.4 Å². The van der Waals surface area contributed by atoms with Gasteiger partial charge in [-0.15, -0.1) is 0 Å². The van der Waals surface area contributed by atoms with Crippen LogP contribution in [0.1, 0.15) is 102 Å². The number of nitrogens with zero attached hydrogens (tertiary/aromatic N) is 2. The molecule has 0 fully saturated rings. The van der Waals surface area contributed by atoms with E-state index in [1.54, 1.807) is 6.34 Å². The van der Waals surface area contributed by atoms with Crippen molar-refractivity contribution in [2.45, 2.75) is 96.3 Å². The van der Waals surface area contributed by atoms with Gasteiger partial charge in [-0.1, -0.05) is 119 Å². The summed E-state index contributed by atoms with van der Waals surface area (Å²) in [6.07, 6.45) is 14.6. The van der Waals surface area contributed by atoms with Crippen molar-refractivity contribution >= 4 is 19.9 Å². The maximum absolute atomic E-state index is 6.12. The van der Waals surface area contributed by atoms with Crippen molar-refractivity contribution in [3.05, 3.63) is 71.8 Å². The minimum absolute atomic E-state index is 0.0163. The molecule has 1 aliphatic rings. The van der Waals surface area contributed by atoms with E-state index in [2.05, 4.69) is 55.0 Å². The molecule has 2 radical (unpaired) electrons. The number of hydrogen-bond donors (Lipinski definition) is 0. The van der Waals surface area contributed by atoms with Crippen LogP contribution in [0.2, 0.25) is 0 Å². The van der Waals surface area contributed by atoms with E-state index in [0.717, 1.165) is 17.5 Å². The third kappa shape index (κ3) is 8.77. The first kappa shape index (κ1) is 26.1. The maximum Gasteiger partial charge on any atom is 0.111 e. The van der Waals surface area contributed by atoms with E-state index in [9.17, 15) is 0 Å². The number of benzene rings is 2. The second kappa shape index (κ2) is 14.8. The van der Waals surface area contributed by atoms with Gasteiger partial charge in [0.2, 0.25) is 0 Å². The Morgan fingerprint density at radius 3 is 1.81 bits per heavy atom. The third-order valence-electron chi connectivity index (χ3n) is 6.28. The fourth-order valence-electron chi connectivity index (χ4n) is 4.11. The first-order valence-corrected chi connectivity index (χ1v) is 12.6. The average molecular weight is 428 g/mol. The van der Waals surface area contributed by atoms with Crippen LogP contribution in [0.3, 0.4) is 0 Å². The lowest BCUT2D eigenvalue weighted by Crippen LogP contribution is -2.30. The molecule has 0 saturated carbocycles. The molecule has 1 aliphatic heterocycles. The molecule has 1 atom stereocenters. The second-order valence-corrected chi connectivity index (χ2v) is 9.01. The highest BCUT2D eigenvalue weighted by molar-refractivity contribution is 6.14. The van der Waals surface area contributed by atoms with Crippen LogP contribution in [0.4, 0.5) is 0 Å². The lowest BCUT2D eigenvalue weighted by Gasteiger charge is -2.23. The highest BCUT2D eigenvalue weighted by Crippen LogP contribution is 2.27. The summed E-state index contributed by atoms with van der Waals surface area (Å²) in [6.45, 7) is 6.78. The minimum Gasteiger partial charge on any atom is -0.261 e. The summed E-state index contributed by atoms with van der Waals surface area (Å²) in [5.74, 6) is -0.0163. The molecule has 1 unspecified atom stereocenters. The summed E-state index contributed by atoms with van der Waals surface area (Å²) in [6, 6.07) is 20.3. The van der Waals surface area contributed by atoms with E-state index >= 15 is 0 Å². The van der Waals surface area contributed by atoms with Crippen LogP contribution in [0.25, 0.3) is 0 Å². The third-order valence-corrected chi connectivity index (χ3v) is 6.28. The normalized spacial score (nSPS) is 17.2. The summed E-state index contributed by atoms with van der Waals surface area (Å²) in [5, 5.41) is 0. The molecule has 2 aromatic rings. The number of unbranched alkanes of at least 4 members (excludes halogenated alkanes) is 6. The van der Waals surface area contributed by atoms with Gasteiger partial charge >= 0.3 is 0 Å². The summed E-state index contributed by atoms with van der Waals surface area (Å²) >= 11 is 0. The molecule has 0 bridgehead atoms. The molecule has 3 heteroatoms. The van der Waals surface area contributed by atoms with Gasteiger partial charge in [0.15, 0.2) is 0 Å². The molecular weight excluding hydrogens is 387 g/mol. The quantitative estimate of drug-likeness (QED) is 0.241. The van der Waals surface area contributed by atoms with Crippen molar-refractivity contribution in [1.29, 1.82) is 0 Å². The molecule has 0 aromatic heterocycles. The molecule has 0 spiro atoms. The van der Waals surface area contributed by atoms with Gasteiger partial charge in [-0.05, 0) is 43.1 Å². The lowest BCUT2D eigenvalue weighted by atomic mass is 9.76. The highest BCUT2D eigenvalue weighted by Gasteiger charge is 2.31. The molecule has 32 heavy (non-hydrogen) atoms. The van der Waals surface area contributed by atoms with Crippen LogP contribution in [0.15, 0.2) is 70.6 Å². The Morgan fingerprint density at radius 2 is 1.28 bits per heavy atom. The SMILES string of the molecule is CCCCCCC1=NC=NC1(C)CCCCCC.[B]C(c1ccccc1)c1ccccc1. The van der Waals surface area contributed by atoms with Gasteiger partial charge in [0.1, 0.15) is 6.34 Å². The van der Waals surface area contributed by atoms with Gasteiger partial charge in [-0.25, -0.2) is 4.99 Å². The van der Waals surface area contributed by atoms with Crippen molar-refractivity contribution in [2.75, 3.05) is 0 Å². The molecule has 2 nitrogen and oxygen atoms in total. The van der Waals surface area contributed by atoms with Gasteiger partial charge < -0.3 is 0 Å². The predicted octanol–water partition coefficient (Wildman–Crippen LogP) is 8.11. The Morgan fingerprint density at radius 1 is 0.750 bits per heavy atom. The summed E-state index contributed by atoms with van der Waals surface area (Å²) in [7, 11) is 6.12. The summed E-state index contributed by atoms with van der Waals surface area (Å²) in [4.78, 5) is 9.13. The number of rotatable bonds is 12. The Labute approximate surface area is 198 Å². The van der Waals surface area contributed by atoms with Gasteiger partial charge in [0.05, 0.1) is 13.4 Å². The largest absolute Gasteiger partial charge is 0.261 e. The molecular formula is C29H41BN2. The smallest absolute Gasteiger partial charge is 0.111 e. The van der Waals surface area contributed by atoms with Crippen LogP contribution in [-0.2, 0) is 0 Å². The van der Waals surface area contributed by atoms with E-state index in [0.29, 0.717) is 0 Å². The molecule has 0 aliphatic carbocycles. The Hall–Kier alpha value is -2.16. The van der Waals surface area contributed by atoms with Crippen molar-refractivity contribution in [2.24, 2.45) is 9.98 Å². The Balaban J connectivity index is 0.000000233. The number of aliphatic imine (C=N–C) groups is 2. The van der Waals surface area contributed by atoms with E-state index < -0.39 is 0 Å². The van der Waals surface area contributed by atoms with Gasteiger partial charge in [0, 0.05) is 5.71 Å². The first-order chi connectivity index (χ1) is 15.6. The molecule has 0 amide bonds. The van der Waals surface area contributed by atoms with Crippen molar-refractivity contribution in [3.63, 3.8) is 0 Å². The fraction of sp³-hybridized carbons (Fsp3) is 0.517. The fourth-order valence-corrected chi connectivity index (χ4v) is 4.11. The zero-order valence-electron chi connectivity index (χ0n) is 20.5. The molecule has 2 aromatic carbocycles. The van der Waals surface area contributed by atoms with E-state index in [1.807, 2.05) is 36.4 Å². The van der Waals surface area contributed by atoms with Crippen LogP contribution < -0.4 is 0 Å². The van der Waals surface area contributed by atoms with Gasteiger partial charge in [0.25, 0.3) is 0 Å². The van der Waals surface area contributed by atoms with Crippen LogP contribution in [0, 0.1) is 0 Å². The Bertz CT molecular complexity index is 761. The van der Waals surface area contributed by atoms with Crippen molar-refractivity contribution in [1.82, 2.24) is 0 Å². The standard InChI is InChI=1S/C16H30N2.C13H11B/c1-4-6-8-10-12-15-16(3,18-14-17-15)13-11-9-7-5-2;14-13(11-7-3-1-4-8-11)12-9-5-2-6-10-12/h14H,4-13H2,1-3H3;1-10,13H. The number of hydrogen-bond acceptors (Lipinski definition) is 2. The zero-order chi connectivity index (χ0) is 23.1. The second-order valence-electron chi connectivity index (χ2n) is 9.01. The topological polar surface area (TPSA) is 24.7 Å². The maximum atomic E-state index is 6.12. The predicted molar refractivity (Wildman–Crippen MR) is 142 cm³/mol. The molecule has 3 rings (SSSR count). The monoisotopic (exact) mass is 428 g/mol. The van der Waals surface area contributed by atoms with Gasteiger partial charge in [-0.2, -0.15) is 0 Å². The van der Waals surface area contributed by atoms with Crippen molar-refractivity contribution in [3.8, 4) is 0 Å². The van der Waals surface area contributed by atoms with Gasteiger partial charge in [-0.3, -0.25) is 4.99 Å². The molecule has 0 saturated heterocycles. The zero-order valence-corrected chi connectivity index (χ0v) is 20.5. The summed E-state index contributed by atoms with van der Waals surface area (Å²) < 4.78 is 0. The Kier molecular flexibility index (Phi) is 12.1. The highest BCUT2D eigenvalue weighted by atomic mass is 15.0. The lowest BCUT2D eigenvalue weighted by molar-refractivity contribution is 0.514. The average Bonchev–Trinajstić information content (AvgIpc) is 3.21. The minimum atomic E-state index is -0.0163. The van der Waals surface area contributed by atoms with E-state index in [4.69, 9.17) is 7.85 Å². The van der Waals surface area contributed by atoms with Crippen LogP contribution in [-0.4, -0.2) is 25.4 Å². The van der Waals surface area contributed by atoms with E-state index in [1.165, 1.54) is 63.5 Å². The summed E-state index contributed by atoms with van der Waals surface area (Å²) in [5.41, 5.74) is 3.66. The van der Waals surface area contributed by atoms with Crippen LogP contribution in [0.5, 0.6) is 0 Å². The van der Waals surface area contributed by atoms with Crippen molar-refractivity contribution < 1.29 is 0 Å². The molecule has 0 N–H and O–H groups in total. The molecule has 1 heterocycles. The first-order valence-electron chi connectivity index (χ1n) is 12.6.